The molecule has 96 valence electrons. The van der Waals surface area contributed by atoms with Crippen LogP contribution in [0, 0.1) is 11.3 Å². The van der Waals surface area contributed by atoms with E-state index < -0.39 is 0 Å². The third-order valence-electron chi connectivity index (χ3n) is 4.04. The molecule has 0 atom stereocenters. The van der Waals surface area contributed by atoms with Crippen molar-refractivity contribution < 1.29 is 4.79 Å². The first-order chi connectivity index (χ1) is 9.28. The molecule has 1 saturated carbocycles. The van der Waals surface area contributed by atoms with E-state index in [1.807, 2.05) is 12.1 Å². The smallest absolute Gasteiger partial charge is 0.132 e. The molecule has 0 aliphatic heterocycles. The molecule has 2 aromatic rings. The number of hydrogen-bond acceptors (Lipinski definition) is 2. The summed E-state index contributed by atoms with van der Waals surface area (Å²) in [5.74, 6) is 0.866. The molecule has 1 aromatic carbocycles. The van der Waals surface area contributed by atoms with E-state index >= 15 is 0 Å². The number of rotatable bonds is 2. The molecular weight excluding hydrogens is 236 g/mol. The first kappa shape index (κ1) is 12.0. The lowest BCUT2D eigenvalue weighted by atomic mass is 9.83. The summed E-state index contributed by atoms with van der Waals surface area (Å²) in [6.45, 7) is 0. The molecule has 1 aromatic heterocycles. The van der Waals surface area contributed by atoms with Gasteiger partial charge in [-0.3, -0.25) is 4.79 Å². The fraction of sp³-hybridized carbons (Fsp3) is 0.375. The zero-order valence-corrected chi connectivity index (χ0v) is 10.8. The summed E-state index contributed by atoms with van der Waals surface area (Å²) < 4.78 is 0. The first-order valence-corrected chi connectivity index (χ1v) is 6.76. The molecule has 1 heterocycles. The lowest BCUT2D eigenvalue weighted by Crippen LogP contribution is -2.12. The van der Waals surface area contributed by atoms with Gasteiger partial charge in [0.1, 0.15) is 5.78 Å². The number of nitrogens with one attached hydrogen (secondary N) is 1. The van der Waals surface area contributed by atoms with Crippen molar-refractivity contribution in [2.45, 2.75) is 38.0 Å². The van der Waals surface area contributed by atoms with Gasteiger partial charge < -0.3 is 4.98 Å². The lowest BCUT2D eigenvalue weighted by molar-refractivity contribution is -0.120. The molecule has 0 unspecified atom stereocenters. The van der Waals surface area contributed by atoms with E-state index in [0.29, 0.717) is 31.0 Å². The predicted molar refractivity (Wildman–Crippen MR) is 73.8 cm³/mol. The Kier molecular flexibility index (Phi) is 3.08. The van der Waals surface area contributed by atoms with Gasteiger partial charge in [0.25, 0.3) is 0 Å². The molecule has 3 rings (SSSR count). The van der Waals surface area contributed by atoms with Crippen molar-refractivity contribution in [1.29, 1.82) is 5.26 Å². The van der Waals surface area contributed by atoms with E-state index in [9.17, 15) is 4.79 Å². The first-order valence-electron chi connectivity index (χ1n) is 6.76. The molecule has 19 heavy (non-hydrogen) atoms. The summed E-state index contributed by atoms with van der Waals surface area (Å²) in [7, 11) is 0. The minimum Gasteiger partial charge on any atom is -0.361 e. The van der Waals surface area contributed by atoms with Crippen LogP contribution in [0.15, 0.2) is 24.4 Å². The number of aromatic amines is 1. The summed E-state index contributed by atoms with van der Waals surface area (Å²) in [4.78, 5) is 14.6. The van der Waals surface area contributed by atoms with Crippen molar-refractivity contribution in [2.75, 3.05) is 0 Å². The number of Topliss-reactive ketones (excluding diaryl/α,β-unsaturated/α-hetero) is 1. The van der Waals surface area contributed by atoms with Crippen molar-refractivity contribution in [2.24, 2.45) is 0 Å². The second kappa shape index (κ2) is 4.89. The molecule has 0 amide bonds. The van der Waals surface area contributed by atoms with Crippen LogP contribution in [0.4, 0.5) is 0 Å². The van der Waals surface area contributed by atoms with Gasteiger partial charge in [-0.1, -0.05) is 6.07 Å². The number of fused-ring (bicyclic) bond motifs is 1. The summed E-state index contributed by atoms with van der Waals surface area (Å²) in [6.07, 6.45) is 5.83. The molecular formula is C16H16N2O. The maximum Gasteiger partial charge on any atom is 0.132 e. The highest BCUT2D eigenvalue weighted by Gasteiger charge is 2.22. The number of aromatic nitrogens is 1. The van der Waals surface area contributed by atoms with Gasteiger partial charge >= 0.3 is 0 Å². The molecule has 1 N–H and O–H groups in total. The Hall–Kier alpha value is -2.08. The average Bonchev–Trinajstić information content (AvgIpc) is 2.83. The van der Waals surface area contributed by atoms with E-state index in [1.54, 1.807) is 0 Å². The minimum atomic E-state index is 0.390. The number of nitriles is 1. The topological polar surface area (TPSA) is 56.6 Å². The third-order valence-corrected chi connectivity index (χ3v) is 4.04. The van der Waals surface area contributed by atoms with Gasteiger partial charge in [0.15, 0.2) is 0 Å². The molecule has 1 aliphatic rings. The van der Waals surface area contributed by atoms with Crippen LogP contribution in [-0.2, 0) is 11.2 Å². The summed E-state index contributed by atoms with van der Waals surface area (Å²) >= 11 is 0. The number of ketones is 1. The maximum atomic E-state index is 11.3. The molecule has 0 spiro atoms. The molecule has 1 aliphatic carbocycles. The predicted octanol–water partition coefficient (Wildman–Crippen LogP) is 3.46. The number of H-pyrrole nitrogens is 1. The van der Waals surface area contributed by atoms with Gasteiger partial charge in [0.05, 0.1) is 12.5 Å². The highest BCUT2D eigenvalue weighted by molar-refractivity contribution is 5.85. The SMILES string of the molecule is N#CCc1ccc2[nH]cc(C3CCC(=O)CC3)c2c1. The fourth-order valence-electron chi connectivity index (χ4n) is 2.98. The van der Waals surface area contributed by atoms with Crippen LogP contribution >= 0.6 is 0 Å². The van der Waals surface area contributed by atoms with E-state index in [0.717, 1.165) is 23.9 Å². The Morgan fingerprint density at radius 3 is 2.84 bits per heavy atom. The molecule has 0 bridgehead atoms. The van der Waals surface area contributed by atoms with Gasteiger partial charge in [0, 0.05) is 29.9 Å². The Morgan fingerprint density at radius 2 is 2.11 bits per heavy atom. The second-order valence-electron chi connectivity index (χ2n) is 5.27. The highest BCUT2D eigenvalue weighted by Crippen LogP contribution is 2.35. The fourth-order valence-corrected chi connectivity index (χ4v) is 2.98. The van der Waals surface area contributed by atoms with Crippen LogP contribution in [0.5, 0.6) is 0 Å². The Bertz CT molecular complexity index is 653. The van der Waals surface area contributed by atoms with Gasteiger partial charge in [-0.2, -0.15) is 5.26 Å². The summed E-state index contributed by atoms with van der Waals surface area (Å²) in [5, 5.41) is 10.0. The standard InChI is InChI=1S/C16H16N2O/c17-8-7-11-1-6-16-14(9-11)15(10-18-16)12-2-4-13(19)5-3-12/h1,6,9-10,12,18H,2-5,7H2. The van der Waals surface area contributed by atoms with E-state index in [1.165, 1.54) is 10.9 Å². The lowest BCUT2D eigenvalue weighted by Gasteiger charge is -2.20. The van der Waals surface area contributed by atoms with Crippen LogP contribution in [0.3, 0.4) is 0 Å². The zero-order valence-electron chi connectivity index (χ0n) is 10.8. The Balaban J connectivity index is 1.97. The van der Waals surface area contributed by atoms with Crippen LogP contribution in [0.1, 0.15) is 42.7 Å². The van der Waals surface area contributed by atoms with Crippen molar-refractivity contribution in [3.05, 3.63) is 35.5 Å². The maximum absolute atomic E-state index is 11.3. The van der Waals surface area contributed by atoms with Crippen LogP contribution < -0.4 is 0 Å². The van der Waals surface area contributed by atoms with Crippen LogP contribution in [0.2, 0.25) is 0 Å². The van der Waals surface area contributed by atoms with Crippen molar-refractivity contribution >= 4 is 16.7 Å². The molecule has 0 radical (unpaired) electrons. The molecule has 1 fully saturated rings. The Labute approximate surface area is 112 Å². The van der Waals surface area contributed by atoms with Gasteiger partial charge in [0.2, 0.25) is 0 Å². The van der Waals surface area contributed by atoms with Crippen molar-refractivity contribution in [3.8, 4) is 6.07 Å². The highest BCUT2D eigenvalue weighted by atomic mass is 16.1. The molecule has 3 heteroatoms. The third kappa shape index (κ3) is 2.26. The summed E-state index contributed by atoms with van der Waals surface area (Å²) in [6, 6.07) is 8.34. The number of nitrogens with zero attached hydrogens (tertiary/aromatic N) is 1. The van der Waals surface area contributed by atoms with Gasteiger partial charge in [-0.15, -0.1) is 0 Å². The normalized spacial score (nSPS) is 16.7. The minimum absolute atomic E-state index is 0.390. The Morgan fingerprint density at radius 1 is 1.32 bits per heavy atom. The zero-order chi connectivity index (χ0) is 13.2. The monoisotopic (exact) mass is 252 g/mol. The van der Waals surface area contributed by atoms with Gasteiger partial charge in [-0.25, -0.2) is 0 Å². The number of carbonyl (C=O) groups is 1. The molecule has 0 saturated heterocycles. The van der Waals surface area contributed by atoms with Crippen LogP contribution in [-0.4, -0.2) is 10.8 Å². The second-order valence-corrected chi connectivity index (χ2v) is 5.27. The van der Waals surface area contributed by atoms with Crippen molar-refractivity contribution in [3.63, 3.8) is 0 Å². The quantitative estimate of drug-likeness (QED) is 0.889. The van der Waals surface area contributed by atoms with E-state index in [2.05, 4.69) is 23.3 Å². The summed E-state index contributed by atoms with van der Waals surface area (Å²) in [5.41, 5.74) is 3.48. The van der Waals surface area contributed by atoms with E-state index in [4.69, 9.17) is 5.26 Å². The number of benzene rings is 1. The largest absolute Gasteiger partial charge is 0.361 e. The van der Waals surface area contributed by atoms with Crippen LogP contribution in [0.25, 0.3) is 10.9 Å². The average molecular weight is 252 g/mol. The molecule has 3 nitrogen and oxygen atoms in total. The van der Waals surface area contributed by atoms with E-state index in [-0.39, 0.29) is 0 Å². The number of carbonyl (C=O) groups excluding carboxylic acids is 1. The van der Waals surface area contributed by atoms with Crippen molar-refractivity contribution in [1.82, 2.24) is 4.98 Å². The number of hydrogen-bond donors (Lipinski definition) is 1. The van der Waals surface area contributed by atoms with Gasteiger partial charge in [-0.05, 0) is 42.0 Å².